The molecule has 0 bridgehead atoms. The van der Waals surface area contributed by atoms with E-state index in [1.54, 1.807) is 6.33 Å². The van der Waals surface area contributed by atoms with Gasteiger partial charge in [-0.05, 0) is 37.5 Å². The highest BCUT2D eigenvalue weighted by molar-refractivity contribution is 5.97. The minimum absolute atomic E-state index is 0.0366. The van der Waals surface area contributed by atoms with Crippen molar-refractivity contribution in [2.75, 3.05) is 26.2 Å². The van der Waals surface area contributed by atoms with Crippen LogP contribution in [0.5, 0.6) is 0 Å². The summed E-state index contributed by atoms with van der Waals surface area (Å²) in [7, 11) is 1.95. The van der Waals surface area contributed by atoms with Gasteiger partial charge in [0, 0.05) is 44.7 Å². The number of aromatic nitrogens is 2. The van der Waals surface area contributed by atoms with Gasteiger partial charge in [0.15, 0.2) is 0 Å². The third kappa shape index (κ3) is 3.70. The predicted molar refractivity (Wildman–Crippen MR) is 104 cm³/mol. The molecular weight excluding hydrogens is 340 g/mol. The second-order valence-corrected chi connectivity index (χ2v) is 7.86. The molecule has 4 rings (SSSR count). The van der Waals surface area contributed by atoms with Gasteiger partial charge in [0.05, 0.1) is 17.4 Å². The molecule has 0 atom stereocenters. The number of aryl methyl sites for hydroxylation is 1. The van der Waals surface area contributed by atoms with Gasteiger partial charge in [-0.2, -0.15) is 0 Å². The van der Waals surface area contributed by atoms with E-state index < -0.39 is 0 Å². The van der Waals surface area contributed by atoms with Gasteiger partial charge in [-0.3, -0.25) is 9.59 Å². The van der Waals surface area contributed by atoms with Crippen molar-refractivity contribution < 1.29 is 9.59 Å². The first-order valence-electron chi connectivity index (χ1n) is 10.1. The summed E-state index contributed by atoms with van der Waals surface area (Å²) < 4.78 is 1.95. The summed E-state index contributed by atoms with van der Waals surface area (Å²) >= 11 is 0. The van der Waals surface area contributed by atoms with Crippen LogP contribution in [0.4, 0.5) is 0 Å². The number of benzene rings is 1. The highest BCUT2D eigenvalue weighted by atomic mass is 16.2. The van der Waals surface area contributed by atoms with Crippen molar-refractivity contribution in [1.29, 1.82) is 0 Å². The van der Waals surface area contributed by atoms with Crippen LogP contribution in [0.25, 0.3) is 11.0 Å². The minimum atomic E-state index is 0.0366. The molecule has 1 saturated heterocycles. The van der Waals surface area contributed by atoms with Crippen LogP contribution in [0.15, 0.2) is 24.5 Å². The Morgan fingerprint density at radius 2 is 1.70 bits per heavy atom. The maximum Gasteiger partial charge on any atom is 0.253 e. The molecule has 2 amide bonds. The van der Waals surface area contributed by atoms with Gasteiger partial charge in [-0.25, -0.2) is 4.98 Å². The normalized spacial score (nSPS) is 19.3. The van der Waals surface area contributed by atoms with Gasteiger partial charge in [0.1, 0.15) is 0 Å². The number of imidazole rings is 1. The number of rotatable bonds is 2. The Morgan fingerprint density at radius 3 is 2.52 bits per heavy atom. The van der Waals surface area contributed by atoms with E-state index in [1.165, 1.54) is 19.3 Å². The molecule has 0 radical (unpaired) electrons. The molecular formula is C21H28N4O2. The van der Waals surface area contributed by atoms with E-state index in [-0.39, 0.29) is 11.8 Å². The van der Waals surface area contributed by atoms with Crippen molar-refractivity contribution in [2.24, 2.45) is 13.0 Å². The molecule has 1 aliphatic carbocycles. The number of carbonyl (C=O) groups is 2. The van der Waals surface area contributed by atoms with Crippen LogP contribution in [0, 0.1) is 5.92 Å². The lowest BCUT2D eigenvalue weighted by Gasteiger charge is -2.28. The van der Waals surface area contributed by atoms with Crippen molar-refractivity contribution in [3.63, 3.8) is 0 Å². The number of carbonyl (C=O) groups excluding carboxylic acids is 2. The molecule has 2 fully saturated rings. The molecule has 144 valence electrons. The van der Waals surface area contributed by atoms with Crippen molar-refractivity contribution >= 4 is 22.8 Å². The highest BCUT2D eigenvalue weighted by Gasteiger charge is 2.28. The summed E-state index contributed by atoms with van der Waals surface area (Å²) in [6, 6.07) is 5.70. The number of fused-ring (bicyclic) bond motifs is 1. The lowest BCUT2D eigenvalue weighted by atomic mass is 9.88. The first-order valence-corrected chi connectivity index (χ1v) is 10.1. The van der Waals surface area contributed by atoms with Crippen LogP contribution in [-0.2, 0) is 11.8 Å². The van der Waals surface area contributed by atoms with Crippen LogP contribution in [0.3, 0.4) is 0 Å². The Bertz CT molecular complexity index is 838. The first-order chi connectivity index (χ1) is 13.1. The molecule has 0 spiro atoms. The molecule has 6 heteroatoms. The van der Waals surface area contributed by atoms with Crippen LogP contribution < -0.4 is 0 Å². The van der Waals surface area contributed by atoms with Crippen LogP contribution >= 0.6 is 0 Å². The number of amides is 2. The first kappa shape index (κ1) is 18.0. The molecule has 6 nitrogen and oxygen atoms in total. The number of nitrogens with zero attached hydrogens (tertiary/aromatic N) is 4. The Morgan fingerprint density at radius 1 is 0.963 bits per heavy atom. The lowest BCUT2D eigenvalue weighted by Crippen LogP contribution is -2.40. The van der Waals surface area contributed by atoms with E-state index in [9.17, 15) is 9.59 Å². The molecule has 27 heavy (non-hydrogen) atoms. The molecule has 2 heterocycles. The van der Waals surface area contributed by atoms with E-state index in [4.69, 9.17) is 0 Å². The Balaban J connectivity index is 1.42. The zero-order valence-corrected chi connectivity index (χ0v) is 16.1. The zero-order valence-electron chi connectivity index (χ0n) is 16.1. The van der Waals surface area contributed by atoms with Crippen molar-refractivity contribution in [3.05, 3.63) is 30.1 Å². The Labute approximate surface area is 160 Å². The van der Waals surface area contributed by atoms with Crippen LogP contribution in [0.1, 0.15) is 48.9 Å². The number of hydrogen-bond acceptors (Lipinski definition) is 3. The highest BCUT2D eigenvalue weighted by Crippen LogP contribution is 2.26. The van der Waals surface area contributed by atoms with Crippen molar-refractivity contribution in [2.45, 2.75) is 38.5 Å². The van der Waals surface area contributed by atoms with Gasteiger partial charge in [0.25, 0.3) is 5.91 Å². The largest absolute Gasteiger partial charge is 0.341 e. The summed E-state index contributed by atoms with van der Waals surface area (Å²) in [5, 5.41) is 0. The van der Waals surface area contributed by atoms with Crippen molar-refractivity contribution in [1.82, 2.24) is 19.4 Å². The maximum absolute atomic E-state index is 13.0. The van der Waals surface area contributed by atoms with Crippen molar-refractivity contribution in [3.8, 4) is 0 Å². The standard InChI is InChI=1S/C21H28N4O2/c1-23-15-22-18-14-17(8-9-19(18)23)21(27)25-11-5-10-24(12-13-25)20(26)16-6-3-2-4-7-16/h8-9,14-16H,2-7,10-13H2,1H3. The molecule has 1 aromatic heterocycles. The second kappa shape index (κ2) is 7.71. The van der Waals surface area contributed by atoms with Gasteiger partial charge in [-0.1, -0.05) is 19.3 Å². The maximum atomic E-state index is 13.0. The smallest absolute Gasteiger partial charge is 0.253 e. The average molecular weight is 368 g/mol. The monoisotopic (exact) mass is 368 g/mol. The van der Waals surface area contributed by atoms with E-state index in [0.717, 1.165) is 36.8 Å². The second-order valence-electron chi connectivity index (χ2n) is 7.86. The summed E-state index contributed by atoms with van der Waals surface area (Å²) in [6.07, 6.45) is 8.27. The van der Waals surface area contributed by atoms with Gasteiger partial charge < -0.3 is 14.4 Å². The van der Waals surface area contributed by atoms with E-state index >= 15 is 0 Å². The predicted octanol–water partition coefficient (Wildman–Crippen LogP) is 2.83. The number of hydrogen-bond donors (Lipinski definition) is 0. The van der Waals surface area contributed by atoms with Gasteiger partial charge in [0.2, 0.25) is 5.91 Å². The Kier molecular flexibility index (Phi) is 5.14. The van der Waals surface area contributed by atoms with Gasteiger partial charge in [-0.15, -0.1) is 0 Å². The molecule has 1 aromatic carbocycles. The third-order valence-electron chi connectivity index (χ3n) is 6.02. The molecule has 1 aliphatic heterocycles. The van der Waals surface area contributed by atoms with Crippen LogP contribution in [0.2, 0.25) is 0 Å². The average Bonchev–Trinajstić information content (AvgIpc) is 2.92. The van der Waals surface area contributed by atoms with Crippen LogP contribution in [-0.4, -0.2) is 57.3 Å². The lowest BCUT2D eigenvalue weighted by molar-refractivity contribution is -0.136. The summed E-state index contributed by atoms with van der Waals surface area (Å²) in [4.78, 5) is 34.0. The fraction of sp³-hybridized carbons (Fsp3) is 0.571. The fourth-order valence-electron chi connectivity index (χ4n) is 4.40. The minimum Gasteiger partial charge on any atom is -0.341 e. The molecule has 1 saturated carbocycles. The Hall–Kier alpha value is -2.37. The van der Waals surface area contributed by atoms with E-state index in [2.05, 4.69) is 4.98 Å². The summed E-state index contributed by atoms with van der Waals surface area (Å²) in [5.74, 6) is 0.543. The summed E-state index contributed by atoms with van der Waals surface area (Å²) in [5.41, 5.74) is 2.53. The van der Waals surface area contributed by atoms with Gasteiger partial charge >= 0.3 is 0 Å². The zero-order chi connectivity index (χ0) is 18.8. The van der Waals surface area contributed by atoms with E-state index in [0.29, 0.717) is 31.1 Å². The topological polar surface area (TPSA) is 58.4 Å². The summed E-state index contributed by atoms with van der Waals surface area (Å²) in [6.45, 7) is 2.72. The quantitative estimate of drug-likeness (QED) is 0.819. The molecule has 0 unspecified atom stereocenters. The molecule has 2 aromatic rings. The molecule has 2 aliphatic rings. The molecule has 0 N–H and O–H groups in total. The van der Waals surface area contributed by atoms with E-state index in [1.807, 2.05) is 39.6 Å². The third-order valence-corrected chi connectivity index (χ3v) is 6.02. The fourth-order valence-corrected chi connectivity index (χ4v) is 4.40. The SMILES string of the molecule is Cn1cnc2cc(C(=O)N3CCCN(C(=O)C4CCCCC4)CC3)ccc21.